The summed E-state index contributed by atoms with van der Waals surface area (Å²) in [5.74, 6) is -0.883. The van der Waals surface area contributed by atoms with Crippen molar-refractivity contribution in [3.63, 3.8) is 0 Å². The van der Waals surface area contributed by atoms with E-state index in [1.807, 2.05) is 0 Å². The van der Waals surface area contributed by atoms with E-state index in [2.05, 4.69) is 93.7 Å². The van der Waals surface area contributed by atoms with Crippen LogP contribution in [-0.4, -0.2) is 37.2 Å². The van der Waals surface area contributed by atoms with Crippen LogP contribution in [0.3, 0.4) is 0 Å². The van der Waals surface area contributed by atoms with Gasteiger partial charge in [-0.15, -0.1) is 0 Å². The van der Waals surface area contributed by atoms with Gasteiger partial charge in [0, 0.05) is 19.3 Å². The van der Waals surface area contributed by atoms with Gasteiger partial charge in [0.05, 0.1) is 0 Å². The summed E-state index contributed by atoms with van der Waals surface area (Å²) in [6.45, 7) is 6.62. The molecule has 1 unspecified atom stereocenters. The fourth-order valence-corrected chi connectivity index (χ4v) is 9.59. The number of carbonyl (C=O) groups excluding carboxylic acids is 3. The van der Waals surface area contributed by atoms with E-state index in [0.29, 0.717) is 19.3 Å². The standard InChI is InChI=1S/C71H126O6/c1-4-7-10-13-16-19-22-25-28-31-34-35-38-40-43-46-49-52-55-58-61-64-70(73)76-67-68(77-71(74)65-62-59-56-53-50-47-44-41-37-33-30-27-24-21-18-15-12-9-6-3)66-75-69(72)63-60-57-54-51-48-45-42-39-36-32-29-26-23-20-17-14-11-8-5-2/h17-18,20-21,26-27,29-31,34,37,41,68H,4-16,19,22-25,28,32-33,35-36,38-40,42-67H2,1-3H3/b20-17-,21-18-,29-26-,30-27-,34-31-,41-37-. The normalized spacial score (nSPS) is 12.5. The first-order valence-corrected chi connectivity index (χ1v) is 33.4. The highest BCUT2D eigenvalue weighted by atomic mass is 16.6. The molecule has 0 aliphatic carbocycles. The predicted molar refractivity (Wildman–Crippen MR) is 335 cm³/mol. The van der Waals surface area contributed by atoms with Crippen LogP contribution in [-0.2, 0) is 28.6 Å². The van der Waals surface area contributed by atoms with Crippen molar-refractivity contribution in [2.24, 2.45) is 0 Å². The van der Waals surface area contributed by atoms with E-state index in [1.54, 1.807) is 0 Å². The van der Waals surface area contributed by atoms with Crippen molar-refractivity contribution >= 4 is 17.9 Å². The van der Waals surface area contributed by atoms with Gasteiger partial charge < -0.3 is 14.2 Å². The SMILES string of the molecule is CCCCC/C=C\C/C=C\C/C=C\CCCCCCCCC(=O)OC(COC(=O)CCCCCCCCCCC/C=C\C/C=C\CCCCC)COC(=O)CCCCCCCCCCC/C=C\CCCCCCCCCC. The molecular formula is C71H126O6. The first kappa shape index (κ1) is 73.8. The first-order valence-electron chi connectivity index (χ1n) is 33.4. The molecule has 6 nitrogen and oxygen atoms in total. The molecule has 0 saturated carbocycles. The van der Waals surface area contributed by atoms with Crippen molar-refractivity contribution in [1.82, 2.24) is 0 Å². The maximum atomic E-state index is 12.9. The number of hydrogen-bond acceptors (Lipinski definition) is 6. The smallest absolute Gasteiger partial charge is 0.306 e. The third-order valence-electron chi connectivity index (χ3n) is 14.7. The topological polar surface area (TPSA) is 78.9 Å². The number of rotatable bonds is 61. The number of carbonyl (C=O) groups is 3. The number of allylic oxidation sites excluding steroid dienone is 12. The molecule has 0 aromatic heterocycles. The van der Waals surface area contributed by atoms with Gasteiger partial charge in [0.15, 0.2) is 6.10 Å². The van der Waals surface area contributed by atoms with Gasteiger partial charge in [-0.1, -0.05) is 280 Å². The van der Waals surface area contributed by atoms with Crippen LogP contribution in [0, 0.1) is 0 Å². The Kier molecular flexibility index (Phi) is 62.7. The summed E-state index contributed by atoms with van der Waals surface area (Å²) in [5.41, 5.74) is 0. The van der Waals surface area contributed by atoms with Crippen LogP contribution in [0.5, 0.6) is 0 Å². The van der Waals surface area contributed by atoms with Crippen LogP contribution >= 0.6 is 0 Å². The average Bonchev–Trinajstić information content (AvgIpc) is 3.43. The quantitative estimate of drug-likeness (QED) is 0.0261. The predicted octanol–water partition coefficient (Wildman–Crippen LogP) is 22.9. The summed E-state index contributed by atoms with van der Waals surface area (Å²) in [5, 5.41) is 0. The Bertz CT molecular complexity index is 1420. The Morgan fingerprint density at radius 1 is 0.260 bits per heavy atom. The molecule has 77 heavy (non-hydrogen) atoms. The lowest BCUT2D eigenvalue weighted by Gasteiger charge is -2.18. The Hall–Kier alpha value is -3.15. The van der Waals surface area contributed by atoms with Crippen molar-refractivity contribution in [3.8, 4) is 0 Å². The molecule has 0 N–H and O–H groups in total. The summed E-state index contributed by atoms with van der Waals surface area (Å²) < 4.78 is 17.0. The van der Waals surface area contributed by atoms with E-state index in [-0.39, 0.29) is 31.1 Å². The van der Waals surface area contributed by atoms with Gasteiger partial charge >= 0.3 is 17.9 Å². The molecule has 1 atom stereocenters. The first-order chi connectivity index (χ1) is 38.0. The Labute approximate surface area is 478 Å². The molecule has 0 aromatic rings. The van der Waals surface area contributed by atoms with E-state index in [9.17, 15) is 14.4 Å². The molecule has 0 aliphatic rings. The summed E-state index contributed by atoms with van der Waals surface area (Å²) in [6.07, 6.45) is 84.7. The molecule has 0 amide bonds. The molecule has 0 bridgehead atoms. The van der Waals surface area contributed by atoms with Gasteiger partial charge in [0.1, 0.15) is 13.2 Å². The van der Waals surface area contributed by atoms with E-state index >= 15 is 0 Å². The lowest BCUT2D eigenvalue weighted by Crippen LogP contribution is -2.30. The van der Waals surface area contributed by atoms with Crippen molar-refractivity contribution in [2.75, 3.05) is 13.2 Å². The van der Waals surface area contributed by atoms with Gasteiger partial charge in [-0.05, 0) is 116 Å². The van der Waals surface area contributed by atoms with Gasteiger partial charge in [-0.3, -0.25) is 14.4 Å². The molecule has 0 radical (unpaired) electrons. The van der Waals surface area contributed by atoms with Crippen LogP contribution in [0.2, 0.25) is 0 Å². The number of ether oxygens (including phenoxy) is 3. The lowest BCUT2D eigenvalue weighted by atomic mass is 10.1. The molecular weight excluding hydrogens is 949 g/mol. The molecule has 0 spiro atoms. The second kappa shape index (κ2) is 65.4. The fourth-order valence-electron chi connectivity index (χ4n) is 9.59. The highest BCUT2D eigenvalue weighted by molar-refractivity contribution is 5.71. The van der Waals surface area contributed by atoms with Crippen molar-refractivity contribution in [3.05, 3.63) is 72.9 Å². The molecule has 0 heterocycles. The second-order valence-corrected chi connectivity index (χ2v) is 22.4. The molecule has 0 rings (SSSR count). The van der Waals surface area contributed by atoms with Crippen LogP contribution in [0.4, 0.5) is 0 Å². The molecule has 446 valence electrons. The molecule has 0 aliphatic heterocycles. The Morgan fingerprint density at radius 2 is 0.468 bits per heavy atom. The second-order valence-electron chi connectivity index (χ2n) is 22.4. The maximum Gasteiger partial charge on any atom is 0.306 e. The average molecular weight is 1080 g/mol. The van der Waals surface area contributed by atoms with Crippen LogP contribution in [0.25, 0.3) is 0 Å². The van der Waals surface area contributed by atoms with Crippen LogP contribution < -0.4 is 0 Å². The fraction of sp³-hybridized carbons (Fsp3) is 0.789. The number of esters is 3. The van der Waals surface area contributed by atoms with Gasteiger partial charge in [-0.2, -0.15) is 0 Å². The number of unbranched alkanes of at least 4 members (excludes halogenated alkanes) is 38. The minimum Gasteiger partial charge on any atom is -0.462 e. The van der Waals surface area contributed by atoms with Gasteiger partial charge in [0.25, 0.3) is 0 Å². The number of hydrogen-bond donors (Lipinski definition) is 0. The van der Waals surface area contributed by atoms with E-state index < -0.39 is 6.10 Å². The highest BCUT2D eigenvalue weighted by Crippen LogP contribution is 2.16. The van der Waals surface area contributed by atoms with E-state index in [4.69, 9.17) is 14.2 Å². The zero-order chi connectivity index (χ0) is 55.7. The Morgan fingerprint density at radius 3 is 0.766 bits per heavy atom. The summed E-state index contributed by atoms with van der Waals surface area (Å²) in [6, 6.07) is 0. The third-order valence-corrected chi connectivity index (χ3v) is 14.7. The van der Waals surface area contributed by atoms with Crippen LogP contribution in [0.15, 0.2) is 72.9 Å². The maximum absolute atomic E-state index is 12.9. The van der Waals surface area contributed by atoms with Gasteiger partial charge in [0.2, 0.25) is 0 Å². The zero-order valence-corrected chi connectivity index (χ0v) is 51.2. The molecule has 6 heteroatoms. The van der Waals surface area contributed by atoms with E-state index in [1.165, 1.54) is 212 Å². The Balaban J connectivity index is 4.39. The minimum absolute atomic E-state index is 0.0816. The highest BCUT2D eigenvalue weighted by Gasteiger charge is 2.19. The summed E-state index contributed by atoms with van der Waals surface area (Å²) in [4.78, 5) is 38.4. The zero-order valence-electron chi connectivity index (χ0n) is 51.2. The van der Waals surface area contributed by atoms with Crippen LogP contribution in [0.1, 0.15) is 342 Å². The minimum atomic E-state index is -0.787. The van der Waals surface area contributed by atoms with Gasteiger partial charge in [-0.25, -0.2) is 0 Å². The molecule has 0 fully saturated rings. The van der Waals surface area contributed by atoms with Crippen molar-refractivity contribution < 1.29 is 28.6 Å². The largest absolute Gasteiger partial charge is 0.462 e. The van der Waals surface area contributed by atoms with E-state index in [0.717, 1.165) is 89.9 Å². The summed E-state index contributed by atoms with van der Waals surface area (Å²) in [7, 11) is 0. The molecule has 0 aromatic carbocycles. The van der Waals surface area contributed by atoms with Crippen molar-refractivity contribution in [1.29, 1.82) is 0 Å². The monoisotopic (exact) mass is 1070 g/mol. The third kappa shape index (κ3) is 63.6. The summed E-state index contributed by atoms with van der Waals surface area (Å²) >= 11 is 0. The molecule has 0 saturated heterocycles. The lowest BCUT2D eigenvalue weighted by molar-refractivity contribution is -0.167. The van der Waals surface area contributed by atoms with Crippen molar-refractivity contribution in [2.45, 2.75) is 348 Å².